The van der Waals surface area contributed by atoms with Crippen LogP contribution in [0.3, 0.4) is 0 Å². The fourth-order valence-corrected chi connectivity index (χ4v) is 2.22. The van der Waals surface area contributed by atoms with Gasteiger partial charge >= 0.3 is 0 Å². The van der Waals surface area contributed by atoms with Gasteiger partial charge in [0.25, 0.3) is 0 Å². The van der Waals surface area contributed by atoms with Crippen LogP contribution in [0.1, 0.15) is 22.8 Å². The molecule has 2 aromatic heterocycles. The molecule has 78 valence electrons. The van der Waals surface area contributed by atoms with E-state index in [9.17, 15) is 5.11 Å². The zero-order valence-corrected chi connectivity index (χ0v) is 9.16. The lowest BCUT2D eigenvalue weighted by Gasteiger charge is -2.13. The van der Waals surface area contributed by atoms with E-state index >= 15 is 0 Å². The first-order valence-corrected chi connectivity index (χ1v) is 5.55. The lowest BCUT2D eigenvalue weighted by Crippen LogP contribution is -2.06. The van der Waals surface area contributed by atoms with Crippen LogP contribution in [0.2, 0.25) is 0 Å². The van der Waals surface area contributed by atoms with Crippen LogP contribution < -0.4 is 5.73 Å². The molecule has 0 aromatic carbocycles. The van der Waals surface area contributed by atoms with Crippen LogP contribution in [0.15, 0.2) is 29.1 Å². The van der Waals surface area contributed by atoms with Crippen molar-refractivity contribution in [2.24, 2.45) is 0 Å². The van der Waals surface area contributed by atoms with Gasteiger partial charge in [0, 0.05) is 11.8 Å². The van der Waals surface area contributed by atoms with Crippen LogP contribution in [0, 0.1) is 6.92 Å². The Morgan fingerprint density at radius 2 is 2.27 bits per heavy atom. The van der Waals surface area contributed by atoms with Crippen molar-refractivity contribution in [1.29, 1.82) is 0 Å². The summed E-state index contributed by atoms with van der Waals surface area (Å²) < 4.78 is 0. The highest BCUT2D eigenvalue weighted by Crippen LogP contribution is 2.29. The minimum Gasteiger partial charge on any atom is -0.383 e. The van der Waals surface area contributed by atoms with Crippen LogP contribution in [0.5, 0.6) is 0 Å². The summed E-state index contributed by atoms with van der Waals surface area (Å²) in [6.45, 7) is 1.92. The topological polar surface area (TPSA) is 59.1 Å². The van der Waals surface area contributed by atoms with Crippen LogP contribution in [0.25, 0.3) is 0 Å². The number of hydrogen-bond acceptors (Lipinski definition) is 4. The molecule has 0 bridgehead atoms. The summed E-state index contributed by atoms with van der Waals surface area (Å²) in [4.78, 5) is 3.99. The summed E-state index contributed by atoms with van der Waals surface area (Å²) in [6, 6.07) is 3.74. The number of nitrogens with zero attached hydrogens (tertiary/aromatic N) is 1. The minimum absolute atomic E-state index is 0.397. The van der Waals surface area contributed by atoms with Gasteiger partial charge in [0.2, 0.25) is 0 Å². The average molecular weight is 220 g/mol. The van der Waals surface area contributed by atoms with Gasteiger partial charge in [-0.1, -0.05) is 0 Å². The maximum absolute atomic E-state index is 10.1. The molecule has 2 rings (SSSR count). The molecule has 0 radical (unpaired) electrons. The number of hydrogen-bond donors (Lipinski definition) is 2. The van der Waals surface area contributed by atoms with Crippen molar-refractivity contribution in [3.05, 3.63) is 45.8 Å². The predicted molar refractivity (Wildman–Crippen MR) is 61.8 cm³/mol. The van der Waals surface area contributed by atoms with E-state index in [0.717, 1.165) is 11.1 Å². The predicted octanol–water partition coefficient (Wildman–Crippen LogP) is 2.12. The number of aliphatic hydroxyl groups is 1. The van der Waals surface area contributed by atoms with Crippen LogP contribution in [-0.4, -0.2) is 10.1 Å². The third kappa shape index (κ3) is 1.86. The number of nitrogens with two attached hydrogens (primary N) is 1. The molecule has 2 aromatic rings. The summed E-state index contributed by atoms with van der Waals surface area (Å²) >= 11 is 1.55. The van der Waals surface area contributed by atoms with E-state index in [1.165, 1.54) is 0 Å². The number of anilines is 1. The van der Waals surface area contributed by atoms with Gasteiger partial charge in [0.05, 0.1) is 0 Å². The van der Waals surface area contributed by atoms with E-state index in [4.69, 9.17) is 5.73 Å². The van der Waals surface area contributed by atoms with Crippen molar-refractivity contribution in [3.63, 3.8) is 0 Å². The summed E-state index contributed by atoms with van der Waals surface area (Å²) in [5.41, 5.74) is 8.29. The van der Waals surface area contributed by atoms with Crippen LogP contribution in [0.4, 0.5) is 5.82 Å². The monoisotopic (exact) mass is 220 g/mol. The fraction of sp³-hybridized carbons (Fsp3) is 0.182. The Hall–Kier alpha value is -1.39. The van der Waals surface area contributed by atoms with E-state index in [2.05, 4.69) is 4.98 Å². The van der Waals surface area contributed by atoms with Gasteiger partial charge in [0.15, 0.2) is 0 Å². The van der Waals surface area contributed by atoms with Crippen molar-refractivity contribution >= 4 is 17.2 Å². The van der Waals surface area contributed by atoms with Crippen molar-refractivity contribution < 1.29 is 5.11 Å². The number of aliphatic hydroxyl groups excluding tert-OH is 1. The SMILES string of the molecule is Cc1ccnc(N)c1C(O)c1ccsc1. The van der Waals surface area contributed by atoms with E-state index in [-0.39, 0.29) is 0 Å². The molecular weight excluding hydrogens is 208 g/mol. The molecule has 0 fully saturated rings. The molecule has 0 saturated carbocycles. The summed E-state index contributed by atoms with van der Waals surface area (Å²) in [5, 5.41) is 14.0. The standard InChI is InChI=1S/C11H12N2OS/c1-7-2-4-13-11(12)9(7)10(14)8-3-5-15-6-8/h2-6,10,14H,1H3,(H2,12,13). The number of thiophene rings is 1. The second-order valence-corrected chi connectivity index (χ2v) is 4.17. The van der Waals surface area contributed by atoms with E-state index in [0.29, 0.717) is 11.4 Å². The molecule has 1 unspecified atom stereocenters. The molecule has 3 N–H and O–H groups in total. The van der Waals surface area contributed by atoms with Crippen molar-refractivity contribution in [2.75, 3.05) is 5.73 Å². The van der Waals surface area contributed by atoms with Gasteiger partial charge in [-0.05, 0) is 40.9 Å². The molecule has 0 spiro atoms. The van der Waals surface area contributed by atoms with Crippen molar-refractivity contribution in [3.8, 4) is 0 Å². The van der Waals surface area contributed by atoms with Gasteiger partial charge in [-0.15, -0.1) is 0 Å². The molecule has 1 atom stereocenters. The van der Waals surface area contributed by atoms with Gasteiger partial charge in [-0.2, -0.15) is 11.3 Å². The highest BCUT2D eigenvalue weighted by Gasteiger charge is 2.16. The molecule has 2 heterocycles. The van der Waals surface area contributed by atoms with E-state index < -0.39 is 6.10 Å². The number of pyridine rings is 1. The second-order valence-electron chi connectivity index (χ2n) is 3.39. The molecule has 0 aliphatic carbocycles. The molecule has 3 nitrogen and oxygen atoms in total. The van der Waals surface area contributed by atoms with Gasteiger partial charge in [-0.25, -0.2) is 4.98 Å². The average Bonchev–Trinajstić information content (AvgIpc) is 2.69. The molecule has 0 amide bonds. The number of rotatable bonds is 2. The Labute approximate surface area is 92.2 Å². The Morgan fingerprint density at radius 3 is 2.87 bits per heavy atom. The minimum atomic E-state index is -0.676. The first-order chi connectivity index (χ1) is 7.20. The number of aryl methyl sites for hydroxylation is 1. The Balaban J connectivity index is 2.46. The highest BCUT2D eigenvalue weighted by atomic mass is 32.1. The second kappa shape index (κ2) is 4.00. The maximum atomic E-state index is 10.1. The van der Waals surface area contributed by atoms with Crippen LogP contribution >= 0.6 is 11.3 Å². The van der Waals surface area contributed by atoms with E-state index in [1.54, 1.807) is 17.5 Å². The third-order valence-electron chi connectivity index (χ3n) is 2.37. The number of aromatic nitrogens is 1. The molecule has 0 aliphatic rings. The van der Waals surface area contributed by atoms with Gasteiger partial charge in [-0.3, -0.25) is 0 Å². The summed E-state index contributed by atoms with van der Waals surface area (Å²) in [5.74, 6) is 0.397. The molecule has 15 heavy (non-hydrogen) atoms. The summed E-state index contributed by atoms with van der Waals surface area (Å²) in [7, 11) is 0. The van der Waals surface area contributed by atoms with Gasteiger partial charge < -0.3 is 10.8 Å². The fourth-order valence-electron chi connectivity index (χ4n) is 1.54. The normalized spacial score (nSPS) is 12.7. The first kappa shape index (κ1) is 10.1. The maximum Gasteiger partial charge on any atom is 0.129 e. The largest absolute Gasteiger partial charge is 0.383 e. The molecule has 0 aliphatic heterocycles. The smallest absolute Gasteiger partial charge is 0.129 e. The quantitative estimate of drug-likeness (QED) is 0.815. The lowest BCUT2D eigenvalue weighted by molar-refractivity contribution is 0.220. The van der Waals surface area contributed by atoms with Gasteiger partial charge in [0.1, 0.15) is 11.9 Å². The Morgan fingerprint density at radius 1 is 1.47 bits per heavy atom. The Kier molecular flexibility index (Phi) is 2.70. The molecule has 0 saturated heterocycles. The first-order valence-electron chi connectivity index (χ1n) is 4.61. The van der Waals surface area contributed by atoms with Crippen molar-refractivity contribution in [2.45, 2.75) is 13.0 Å². The number of nitrogen functional groups attached to an aromatic ring is 1. The highest BCUT2D eigenvalue weighted by molar-refractivity contribution is 7.07. The zero-order valence-electron chi connectivity index (χ0n) is 8.34. The lowest BCUT2D eigenvalue weighted by atomic mass is 10.0. The van der Waals surface area contributed by atoms with Crippen molar-refractivity contribution in [1.82, 2.24) is 4.98 Å². The zero-order chi connectivity index (χ0) is 10.8. The Bertz CT molecular complexity index is 433. The third-order valence-corrected chi connectivity index (χ3v) is 3.07. The van der Waals surface area contributed by atoms with Crippen LogP contribution in [-0.2, 0) is 0 Å². The summed E-state index contributed by atoms with van der Waals surface area (Å²) in [6.07, 6.45) is 0.971. The molecular formula is C11H12N2OS. The van der Waals surface area contributed by atoms with E-state index in [1.807, 2.05) is 29.8 Å². The molecule has 4 heteroatoms.